The zero-order chi connectivity index (χ0) is 56.5. The lowest BCUT2D eigenvalue weighted by Crippen LogP contribution is -2.56. The number of ketones is 2. The number of hydrogen-bond donors (Lipinski definition) is 2. The summed E-state index contributed by atoms with van der Waals surface area (Å²) in [5, 5.41) is 9.33. The number of anilines is 3. The van der Waals surface area contributed by atoms with Crippen molar-refractivity contribution in [2.24, 2.45) is 5.92 Å². The molecule has 0 bridgehead atoms. The number of carbonyl (C=O) groups excluding carboxylic acids is 6. The summed E-state index contributed by atoms with van der Waals surface area (Å²) in [7, 11) is 1.65. The highest BCUT2D eigenvalue weighted by Crippen LogP contribution is 2.37. The number of halogens is 1. The van der Waals surface area contributed by atoms with Crippen LogP contribution in [0.1, 0.15) is 185 Å². The van der Waals surface area contributed by atoms with Crippen molar-refractivity contribution in [3.63, 3.8) is 0 Å². The van der Waals surface area contributed by atoms with Crippen LogP contribution in [-0.4, -0.2) is 126 Å². The van der Waals surface area contributed by atoms with Gasteiger partial charge in [0, 0.05) is 81.2 Å². The summed E-state index contributed by atoms with van der Waals surface area (Å²) < 4.78 is 15.2. The predicted octanol–water partition coefficient (Wildman–Crippen LogP) is 9.43. The lowest BCUT2D eigenvalue weighted by molar-refractivity contribution is -0.142. The van der Waals surface area contributed by atoms with Gasteiger partial charge in [-0.2, -0.15) is 4.98 Å². The number of nitrogens with zero attached hydrogens (tertiary/aromatic N) is 9. The van der Waals surface area contributed by atoms with Gasteiger partial charge in [-0.25, -0.2) is 19.3 Å². The molecule has 18 nitrogen and oxygen atoms in total. The van der Waals surface area contributed by atoms with Gasteiger partial charge in [0.05, 0.1) is 23.5 Å². The van der Waals surface area contributed by atoms with Gasteiger partial charge < -0.3 is 30.2 Å². The fourth-order valence-electron chi connectivity index (χ4n) is 12.2. The zero-order valence-electron chi connectivity index (χ0n) is 46.7. The Hall–Kier alpha value is -6.96. The molecule has 2 unspecified atom stereocenters. The van der Waals surface area contributed by atoms with Crippen molar-refractivity contribution < 1.29 is 33.2 Å². The maximum atomic E-state index is 14.5. The van der Waals surface area contributed by atoms with Gasteiger partial charge in [0.2, 0.25) is 35.4 Å². The monoisotopic (exact) mass is 1110 g/mol. The molecule has 80 heavy (non-hydrogen) atoms. The van der Waals surface area contributed by atoms with E-state index in [0.717, 1.165) is 102 Å². The Morgan fingerprint density at radius 3 is 2.16 bits per heavy atom. The van der Waals surface area contributed by atoms with Crippen LogP contribution in [0, 0.1) is 18.7 Å². The molecular formula is C60H76FN11O7S. The molecule has 2 saturated heterocycles. The molecule has 3 atom stereocenters. The van der Waals surface area contributed by atoms with Crippen molar-refractivity contribution in [3.8, 4) is 0 Å². The normalized spacial score (nSPS) is 17.9. The first-order chi connectivity index (χ1) is 38.7. The lowest BCUT2D eigenvalue weighted by Gasteiger charge is -2.36. The average Bonchev–Trinajstić information content (AvgIpc) is 4.34. The molecule has 2 aliphatic heterocycles. The number of hydrogen-bond acceptors (Lipinski definition) is 14. The fraction of sp³-hybridized carbons (Fsp3) is 0.550. The molecule has 20 heteroatoms. The standard InChI is InChI=1S/C60H76FN11O7S/c1-38-46-36-63-60(67-55(46)72(44-19-14-15-20-44)58(78)52(38)40(3)73)65-49-29-28-45(35-62-49)69-31-33-70(34-32-69)51(75)23-13-8-6-5-7-12-22-50(74)68(4)39(2)56(77)66-53(41-17-10-9-11-18-41)59(79)71-30-16-21-48(71)57-64-47(37-80-57)54(76)42-24-26-43(61)27-25-42/h24-29,35-37,39,41,44,48,53H,5-23,30-34H2,1-4H3,(H,66,77)(H,62,63,65,67)/t39?,48-,53?/m0/s1. The minimum absolute atomic E-state index is 0.0148. The van der Waals surface area contributed by atoms with Crippen LogP contribution in [0.2, 0.25) is 0 Å². The smallest absolute Gasteiger partial charge is 0.263 e. The van der Waals surface area contributed by atoms with Crippen LogP contribution in [0.5, 0.6) is 0 Å². The molecule has 5 aromatic rings. The minimum Gasteiger partial charge on any atom is -0.367 e. The number of likely N-dealkylation sites (tertiary alicyclic amines) is 1. The molecule has 0 radical (unpaired) electrons. The summed E-state index contributed by atoms with van der Waals surface area (Å²) in [6, 6.07) is 7.35. The van der Waals surface area contributed by atoms with Crippen LogP contribution in [0.3, 0.4) is 0 Å². The maximum absolute atomic E-state index is 14.5. The van der Waals surface area contributed by atoms with E-state index in [1.165, 1.54) is 47.4 Å². The number of piperazine rings is 1. The molecule has 4 amide bonds. The van der Waals surface area contributed by atoms with E-state index in [1.54, 1.807) is 43.2 Å². The van der Waals surface area contributed by atoms with Gasteiger partial charge in [-0.15, -0.1) is 11.3 Å². The van der Waals surface area contributed by atoms with Crippen LogP contribution in [0.4, 0.5) is 21.8 Å². The molecular weight excluding hydrogens is 1040 g/mol. The molecule has 2 N–H and O–H groups in total. The van der Waals surface area contributed by atoms with E-state index in [4.69, 9.17) is 4.98 Å². The number of nitrogens with one attached hydrogen (secondary N) is 2. The van der Waals surface area contributed by atoms with Crippen molar-refractivity contribution >= 4 is 75.0 Å². The first kappa shape index (κ1) is 57.7. The van der Waals surface area contributed by atoms with Gasteiger partial charge in [-0.05, 0) is 120 Å². The molecule has 2 saturated carbocycles. The number of rotatable bonds is 22. The Kier molecular flexibility index (Phi) is 19.1. The van der Waals surface area contributed by atoms with Crippen molar-refractivity contribution in [2.75, 3.05) is 50.0 Å². The molecule has 4 aromatic heterocycles. The first-order valence-corrected chi connectivity index (χ1v) is 29.9. The fourth-order valence-corrected chi connectivity index (χ4v) is 13.1. The molecule has 4 fully saturated rings. The molecule has 426 valence electrons. The Bertz CT molecular complexity index is 3090. The third kappa shape index (κ3) is 13.4. The van der Waals surface area contributed by atoms with Crippen LogP contribution in [0.15, 0.2) is 59.0 Å². The first-order valence-electron chi connectivity index (χ1n) is 29.0. The SMILES string of the molecule is CC(=O)c1c(C)c2cnc(Nc3ccc(N4CCN(C(=O)CCCCCCCCC(=O)N(C)C(C)C(=O)NC(C(=O)N5CCC[C@H]5c5nc(C(=O)c6ccc(F)cc6)cs5)C5CCCCC5)CC4)cn3)nc2n(C2CCCC2)c1=O. The Morgan fingerprint density at radius 2 is 1.48 bits per heavy atom. The summed E-state index contributed by atoms with van der Waals surface area (Å²) in [5.74, 6) is -0.639. The van der Waals surface area contributed by atoms with Crippen LogP contribution < -0.4 is 21.1 Å². The predicted molar refractivity (Wildman–Crippen MR) is 306 cm³/mol. The summed E-state index contributed by atoms with van der Waals surface area (Å²) in [6.07, 6.45) is 19.4. The number of fused-ring (bicyclic) bond motifs is 1. The average molecular weight is 1110 g/mol. The van der Waals surface area contributed by atoms with E-state index in [1.807, 2.05) is 21.9 Å². The quantitative estimate of drug-likeness (QED) is 0.0489. The number of likely N-dealkylation sites (N-methyl/N-ethyl adjacent to an activating group) is 1. The minimum atomic E-state index is -0.776. The molecule has 1 aromatic carbocycles. The number of carbonyl (C=O) groups is 6. The molecule has 4 aliphatic rings. The van der Waals surface area contributed by atoms with Gasteiger partial charge in [0.15, 0.2) is 5.78 Å². The number of unbranched alkanes of at least 4 members (excludes halogenated alkanes) is 5. The second-order valence-electron chi connectivity index (χ2n) is 22.3. The third-order valence-electron chi connectivity index (χ3n) is 17.0. The Morgan fingerprint density at radius 1 is 0.787 bits per heavy atom. The third-order valence-corrected chi connectivity index (χ3v) is 17.9. The van der Waals surface area contributed by atoms with Gasteiger partial charge in [-0.3, -0.25) is 38.1 Å². The largest absolute Gasteiger partial charge is 0.367 e. The summed E-state index contributed by atoms with van der Waals surface area (Å²) >= 11 is 1.33. The molecule has 6 heterocycles. The number of thiazole rings is 1. The number of amides is 4. The second kappa shape index (κ2) is 26.5. The number of Topliss-reactive ketones (excluding diaryl/α,β-unsaturated/α-hetero) is 1. The van der Waals surface area contributed by atoms with Crippen molar-refractivity contribution in [1.29, 1.82) is 0 Å². The van der Waals surface area contributed by atoms with Gasteiger partial charge in [0.25, 0.3) is 5.56 Å². The summed E-state index contributed by atoms with van der Waals surface area (Å²) in [4.78, 5) is 120. The highest BCUT2D eigenvalue weighted by atomic mass is 32.1. The van der Waals surface area contributed by atoms with E-state index in [2.05, 4.69) is 30.5 Å². The number of aryl methyl sites for hydroxylation is 1. The maximum Gasteiger partial charge on any atom is 0.263 e. The van der Waals surface area contributed by atoms with Crippen LogP contribution in [-0.2, 0) is 19.2 Å². The van der Waals surface area contributed by atoms with Gasteiger partial charge in [0.1, 0.15) is 40.1 Å². The topological polar surface area (TPSA) is 213 Å². The van der Waals surface area contributed by atoms with E-state index in [9.17, 15) is 38.0 Å². The van der Waals surface area contributed by atoms with Crippen LogP contribution in [0.25, 0.3) is 11.0 Å². The lowest BCUT2D eigenvalue weighted by atomic mass is 9.83. The highest BCUT2D eigenvalue weighted by Gasteiger charge is 2.41. The summed E-state index contributed by atoms with van der Waals surface area (Å²) in [5.41, 5.74) is 2.56. The van der Waals surface area contributed by atoms with E-state index >= 15 is 0 Å². The number of aromatic nitrogens is 5. The van der Waals surface area contributed by atoms with E-state index in [-0.39, 0.29) is 70.0 Å². The Balaban J connectivity index is 0.669. The zero-order valence-corrected chi connectivity index (χ0v) is 47.5. The number of pyridine rings is 2. The van der Waals surface area contributed by atoms with Crippen LogP contribution >= 0.6 is 11.3 Å². The molecule has 9 rings (SSSR count). The van der Waals surface area contributed by atoms with E-state index < -0.39 is 17.9 Å². The summed E-state index contributed by atoms with van der Waals surface area (Å²) in [6.45, 7) is 8.05. The van der Waals surface area contributed by atoms with Gasteiger partial charge >= 0.3 is 0 Å². The molecule has 2 aliphatic carbocycles. The van der Waals surface area contributed by atoms with Crippen molar-refractivity contribution in [3.05, 3.63) is 97.7 Å². The van der Waals surface area contributed by atoms with E-state index in [0.29, 0.717) is 97.3 Å². The highest BCUT2D eigenvalue weighted by molar-refractivity contribution is 7.10. The van der Waals surface area contributed by atoms with Crippen molar-refractivity contribution in [2.45, 2.75) is 167 Å². The van der Waals surface area contributed by atoms with Gasteiger partial charge in [-0.1, -0.05) is 57.8 Å². The number of benzene rings is 1. The van der Waals surface area contributed by atoms with Crippen molar-refractivity contribution in [1.82, 2.24) is 44.5 Å². The second-order valence-corrected chi connectivity index (χ2v) is 23.2. The Labute approximate surface area is 471 Å². The molecule has 0 spiro atoms.